The fourth-order valence-corrected chi connectivity index (χ4v) is 2.77. The highest BCUT2D eigenvalue weighted by molar-refractivity contribution is 5.68. The minimum Gasteiger partial charge on any atom is -0.444 e. The molecule has 1 aromatic heterocycles. The van der Waals surface area contributed by atoms with Crippen molar-refractivity contribution in [1.29, 1.82) is 0 Å². The van der Waals surface area contributed by atoms with Crippen LogP contribution in [0.1, 0.15) is 45.0 Å². The Labute approximate surface area is 139 Å². The maximum Gasteiger partial charge on any atom is 0.410 e. The van der Waals surface area contributed by atoms with E-state index in [-0.39, 0.29) is 6.09 Å². The molecule has 5 heteroatoms. The first kappa shape index (κ1) is 17.6. The maximum atomic E-state index is 12.1. The molecule has 0 aliphatic carbocycles. The lowest BCUT2D eigenvalue weighted by molar-refractivity contribution is 0.0188. The van der Waals surface area contributed by atoms with Crippen LogP contribution in [-0.4, -0.2) is 41.2 Å². The predicted molar refractivity (Wildman–Crippen MR) is 92.7 cm³/mol. The van der Waals surface area contributed by atoms with Crippen LogP contribution in [0.15, 0.2) is 12.1 Å². The van der Waals surface area contributed by atoms with Crippen LogP contribution in [0.2, 0.25) is 0 Å². The third-order valence-electron chi connectivity index (χ3n) is 4.07. The molecular weight excluding hydrogens is 290 g/mol. The molecule has 1 amide bonds. The first-order valence-corrected chi connectivity index (χ1v) is 8.40. The van der Waals surface area contributed by atoms with Crippen molar-refractivity contribution in [2.75, 3.05) is 25.0 Å². The van der Waals surface area contributed by atoms with E-state index in [0.29, 0.717) is 5.92 Å². The van der Waals surface area contributed by atoms with Gasteiger partial charge in [0.05, 0.1) is 11.4 Å². The molecule has 128 valence electrons. The molecular formula is C18H29N3O2. The number of ether oxygens (including phenoxy) is 1. The minimum atomic E-state index is -0.425. The summed E-state index contributed by atoms with van der Waals surface area (Å²) in [5.41, 5.74) is 2.76. The van der Waals surface area contributed by atoms with E-state index in [9.17, 15) is 4.79 Å². The summed E-state index contributed by atoms with van der Waals surface area (Å²) < 4.78 is 5.43. The van der Waals surface area contributed by atoms with E-state index in [1.54, 1.807) is 0 Å². The van der Waals surface area contributed by atoms with Crippen LogP contribution in [-0.2, 0) is 4.74 Å². The van der Waals surface area contributed by atoms with Gasteiger partial charge in [0, 0.05) is 25.3 Å². The van der Waals surface area contributed by atoms with Gasteiger partial charge in [0.15, 0.2) is 0 Å². The fraction of sp³-hybridized carbons (Fsp3) is 0.667. The number of anilines is 1. The van der Waals surface area contributed by atoms with Crippen LogP contribution in [0.5, 0.6) is 0 Å². The molecule has 0 spiro atoms. The number of aromatic nitrogens is 1. The van der Waals surface area contributed by atoms with Gasteiger partial charge in [0.25, 0.3) is 0 Å². The van der Waals surface area contributed by atoms with Crippen molar-refractivity contribution >= 4 is 11.8 Å². The number of carbonyl (C=O) groups is 1. The van der Waals surface area contributed by atoms with Gasteiger partial charge in [-0.1, -0.05) is 0 Å². The monoisotopic (exact) mass is 319 g/mol. The first-order valence-electron chi connectivity index (χ1n) is 8.40. The van der Waals surface area contributed by atoms with E-state index in [4.69, 9.17) is 4.74 Å². The lowest BCUT2D eigenvalue weighted by Gasteiger charge is -2.33. The number of likely N-dealkylation sites (tertiary alicyclic amines) is 1. The molecule has 1 aromatic rings. The molecule has 1 N–H and O–H groups in total. The topological polar surface area (TPSA) is 54.5 Å². The summed E-state index contributed by atoms with van der Waals surface area (Å²) in [5.74, 6) is 0.578. The van der Waals surface area contributed by atoms with E-state index in [1.807, 2.05) is 45.6 Å². The Morgan fingerprint density at radius 2 is 1.96 bits per heavy atom. The number of carbonyl (C=O) groups excluding carboxylic acids is 1. The number of nitrogens with one attached hydrogen (secondary N) is 1. The van der Waals surface area contributed by atoms with Gasteiger partial charge < -0.3 is 15.0 Å². The maximum absolute atomic E-state index is 12.1. The Kier molecular flexibility index (Phi) is 5.50. The second-order valence-electron chi connectivity index (χ2n) is 7.38. The van der Waals surface area contributed by atoms with E-state index in [0.717, 1.165) is 49.6 Å². The molecule has 5 nitrogen and oxygen atoms in total. The van der Waals surface area contributed by atoms with E-state index in [2.05, 4.69) is 16.4 Å². The molecule has 0 unspecified atom stereocenters. The number of hydrogen-bond donors (Lipinski definition) is 1. The summed E-state index contributed by atoms with van der Waals surface area (Å²) in [5, 5.41) is 3.49. The van der Waals surface area contributed by atoms with Gasteiger partial charge in [-0.2, -0.15) is 0 Å². The summed E-state index contributed by atoms with van der Waals surface area (Å²) in [4.78, 5) is 18.4. The molecule has 0 aromatic carbocycles. The summed E-state index contributed by atoms with van der Waals surface area (Å²) in [6, 6.07) is 4.12. The molecule has 23 heavy (non-hydrogen) atoms. The van der Waals surface area contributed by atoms with Crippen LogP contribution in [0.4, 0.5) is 10.5 Å². The molecule has 0 bridgehead atoms. The van der Waals surface area contributed by atoms with Crippen molar-refractivity contribution in [2.45, 2.75) is 53.1 Å². The van der Waals surface area contributed by atoms with Gasteiger partial charge in [-0.25, -0.2) is 4.79 Å². The zero-order valence-corrected chi connectivity index (χ0v) is 15.0. The SMILES string of the molecule is Cc1ccc(NCC2CCN(C(=O)OC(C)(C)C)CC2)c(C)n1. The normalized spacial score (nSPS) is 16.3. The van der Waals surface area contributed by atoms with Crippen molar-refractivity contribution in [3.63, 3.8) is 0 Å². The Morgan fingerprint density at radius 3 is 2.52 bits per heavy atom. The number of piperidine rings is 1. The molecule has 0 atom stereocenters. The van der Waals surface area contributed by atoms with Crippen molar-refractivity contribution in [3.8, 4) is 0 Å². The summed E-state index contributed by atoms with van der Waals surface area (Å²) in [7, 11) is 0. The van der Waals surface area contributed by atoms with Crippen molar-refractivity contribution in [3.05, 3.63) is 23.5 Å². The van der Waals surface area contributed by atoms with Gasteiger partial charge in [-0.05, 0) is 65.5 Å². The molecule has 0 saturated carbocycles. The predicted octanol–water partition coefficient (Wildman–Crippen LogP) is 3.76. The average molecular weight is 319 g/mol. The van der Waals surface area contributed by atoms with Gasteiger partial charge in [-0.15, -0.1) is 0 Å². The van der Waals surface area contributed by atoms with Crippen LogP contribution in [0, 0.1) is 19.8 Å². The molecule has 1 fully saturated rings. The van der Waals surface area contributed by atoms with Crippen molar-refractivity contribution < 1.29 is 9.53 Å². The Hall–Kier alpha value is -1.78. The zero-order valence-electron chi connectivity index (χ0n) is 15.0. The Balaban J connectivity index is 1.77. The Bertz CT molecular complexity index is 544. The zero-order chi connectivity index (χ0) is 17.0. The number of pyridine rings is 1. The summed E-state index contributed by atoms with van der Waals surface area (Å²) in [6.45, 7) is 12.2. The van der Waals surface area contributed by atoms with E-state index in [1.165, 1.54) is 0 Å². The molecule has 1 saturated heterocycles. The van der Waals surface area contributed by atoms with E-state index < -0.39 is 5.60 Å². The summed E-state index contributed by atoms with van der Waals surface area (Å²) in [6.07, 6.45) is 1.82. The van der Waals surface area contributed by atoms with Crippen LogP contribution in [0.3, 0.4) is 0 Å². The summed E-state index contributed by atoms with van der Waals surface area (Å²) >= 11 is 0. The third-order valence-corrected chi connectivity index (χ3v) is 4.07. The molecule has 1 aliphatic heterocycles. The average Bonchev–Trinajstić information content (AvgIpc) is 2.45. The highest BCUT2D eigenvalue weighted by atomic mass is 16.6. The van der Waals surface area contributed by atoms with Gasteiger partial charge in [0.2, 0.25) is 0 Å². The highest BCUT2D eigenvalue weighted by Crippen LogP contribution is 2.21. The first-order chi connectivity index (χ1) is 10.7. The lowest BCUT2D eigenvalue weighted by Crippen LogP contribution is -2.42. The number of nitrogens with zero attached hydrogens (tertiary/aromatic N) is 2. The van der Waals surface area contributed by atoms with Crippen LogP contribution < -0.4 is 5.32 Å². The highest BCUT2D eigenvalue weighted by Gasteiger charge is 2.26. The number of hydrogen-bond acceptors (Lipinski definition) is 4. The quantitative estimate of drug-likeness (QED) is 0.921. The molecule has 0 radical (unpaired) electrons. The van der Waals surface area contributed by atoms with Crippen molar-refractivity contribution in [2.24, 2.45) is 5.92 Å². The standard InChI is InChI=1S/C18H29N3O2/c1-13-6-7-16(14(2)20-13)19-12-15-8-10-21(11-9-15)17(22)23-18(3,4)5/h6-7,15,19H,8-12H2,1-5H3. The molecule has 2 heterocycles. The van der Waals surface area contributed by atoms with Crippen LogP contribution in [0.25, 0.3) is 0 Å². The second-order valence-corrected chi connectivity index (χ2v) is 7.38. The third kappa shape index (κ3) is 5.41. The number of rotatable bonds is 3. The largest absolute Gasteiger partial charge is 0.444 e. The molecule has 1 aliphatic rings. The Morgan fingerprint density at radius 1 is 1.30 bits per heavy atom. The van der Waals surface area contributed by atoms with Gasteiger partial charge >= 0.3 is 6.09 Å². The van der Waals surface area contributed by atoms with Gasteiger partial charge in [0.1, 0.15) is 5.60 Å². The smallest absolute Gasteiger partial charge is 0.410 e. The minimum absolute atomic E-state index is 0.192. The number of amides is 1. The second kappa shape index (κ2) is 7.20. The molecule has 2 rings (SSSR count). The van der Waals surface area contributed by atoms with Gasteiger partial charge in [-0.3, -0.25) is 4.98 Å². The fourth-order valence-electron chi connectivity index (χ4n) is 2.77. The lowest BCUT2D eigenvalue weighted by atomic mass is 9.97. The van der Waals surface area contributed by atoms with Crippen LogP contribution >= 0.6 is 0 Å². The van der Waals surface area contributed by atoms with E-state index >= 15 is 0 Å². The number of aryl methyl sites for hydroxylation is 2. The van der Waals surface area contributed by atoms with Crippen molar-refractivity contribution in [1.82, 2.24) is 9.88 Å².